The van der Waals surface area contributed by atoms with Crippen LogP contribution in [0.25, 0.3) is 0 Å². The van der Waals surface area contributed by atoms with Gasteiger partial charge in [0.25, 0.3) is 5.91 Å². The van der Waals surface area contributed by atoms with E-state index in [4.69, 9.17) is 16.7 Å². The normalized spacial score (nSPS) is 10.2. The van der Waals surface area contributed by atoms with E-state index in [-0.39, 0.29) is 12.5 Å². The van der Waals surface area contributed by atoms with Gasteiger partial charge in [-0.2, -0.15) is 0 Å². The first kappa shape index (κ1) is 14.5. The standard InChI is InChI=1S/C13H16ClNO3/c1-3-6-15(8-12(16)17)13(18)11-7-10(14)5-4-9(11)2/h4-5,7H,3,6,8H2,1-2H3,(H,16,17). The summed E-state index contributed by atoms with van der Waals surface area (Å²) in [6.07, 6.45) is 0.707. The number of carbonyl (C=O) groups excluding carboxylic acids is 1. The summed E-state index contributed by atoms with van der Waals surface area (Å²) in [6, 6.07) is 5.03. The molecule has 0 aromatic heterocycles. The van der Waals surface area contributed by atoms with Gasteiger partial charge >= 0.3 is 5.97 Å². The fraction of sp³-hybridized carbons (Fsp3) is 0.385. The maximum Gasteiger partial charge on any atom is 0.323 e. The van der Waals surface area contributed by atoms with Crippen LogP contribution in [0.3, 0.4) is 0 Å². The SMILES string of the molecule is CCCN(CC(=O)O)C(=O)c1cc(Cl)ccc1C. The predicted molar refractivity (Wildman–Crippen MR) is 70.0 cm³/mol. The Morgan fingerprint density at radius 1 is 1.39 bits per heavy atom. The lowest BCUT2D eigenvalue weighted by Crippen LogP contribution is -2.36. The quantitative estimate of drug-likeness (QED) is 0.894. The van der Waals surface area contributed by atoms with Gasteiger partial charge in [0.1, 0.15) is 6.54 Å². The molecular weight excluding hydrogens is 254 g/mol. The van der Waals surface area contributed by atoms with E-state index in [0.29, 0.717) is 23.6 Å². The van der Waals surface area contributed by atoms with Crippen LogP contribution < -0.4 is 0 Å². The van der Waals surface area contributed by atoms with Crippen molar-refractivity contribution in [2.24, 2.45) is 0 Å². The second-order valence-electron chi connectivity index (χ2n) is 4.08. The van der Waals surface area contributed by atoms with Crippen molar-refractivity contribution in [1.82, 2.24) is 4.90 Å². The number of carboxylic acids is 1. The number of nitrogens with zero attached hydrogens (tertiary/aromatic N) is 1. The van der Waals surface area contributed by atoms with E-state index in [0.717, 1.165) is 5.56 Å². The molecule has 0 heterocycles. The zero-order valence-corrected chi connectivity index (χ0v) is 11.2. The molecular formula is C13H16ClNO3. The Morgan fingerprint density at radius 2 is 2.06 bits per heavy atom. The topological polar surface area (TPSA) is 57.6 Å². The fourth-order valence-corrected chi connectivity index (χ4v) is 1.85. The molecule has 0 bridgehead atoms. The maximum atomic E-state index is 12.2. The van der Waals surface area contributed by atoms with Gasteiger partial charge in [0, 0.05) is 17.1 Å². The lowest BCUT2D eigenvalue weighted by Gasteiger charge is -2.21. The Kier molecular flexibility index (Phi) is 5.16. The van der Waals surface area contributed by atoms with Crippen molar-refractivity contribution in [3.8, 4) is 0 Å². The highest BCUT2D eigenvalue weighted by atomic mass is 35.5. The van der Waals surface area contributed by atoms with E-state index in [1.165, 1.54) is 4.90 Å². The molecule has 0 fully saturated rings. The number of hydrogen-bond donors (Lipinski definition) is 1. The Morgan fingerprint density at radius 3 is 2.61 bits per heavy atom. The van der Waals surface area contributed by atoms with Crippen LogP contribution >= 0.6 is 11.6 Å². The van der Waals surface area contributed by atoms with Gasteiger partial charge in [-0.05, 0) is 31.0 Å². The van der Waals surface area contributed by atoms with Crippen LogP contribution in [-0.2, 0) is 4.79 Å². The summed E-state index contributed by atoms with van der Waals surface area (Å²) in [5, 5.41) is 9.28. The summed E-state index contributed by atoms with van der Waals surface area (Å²) in [5.74, 6) is -1.31. The van der Waals surface area contributed by atoms with Crippen LogP contribution in [0.5, 0.6) is 0 Å². The molecule has 0 aliphatic carbocycles. The van der Waals surface area contributed by atoms with Crippen molar-refractivity contribution < 1.29 is 14.7 Å². The zero-order valence-electron chi connectivity index (χ0n) is 10.4. The highest BCUT2D eigenvalue weighted by Gasteiger charge is 2.19. The van der Waals surface area contributed by atoms with E-state index in [1.54, 1.807) is 25.1 Å². The average molecular weight is 270 g/mol. The highest BCUT2D eigenvalue weighted by molar-refractivity contribution is 6.31. The Bertz CT molecular complexity index is 460. The third-order valence-corrected chi connectivity index (χ3v) is 2.77. The van der Waals surface area contributed by atoms with Gasteiger partial charge in [-0.1, -0.05) is 24.6 Å². The Balaban J connectivity index is 3.01. The monoisotopic (exact) mass is 269 g/mol. The third kappa shape index (κ3) is 3.74. The van der Waals surface area contributed by atoms with Crippen LogP contribution in [0.2, 0.25) is 5.02 Å². The molecule has 1 aromatic carbocycles. The second kappa shape index (κ2) is 6.40. The third-order valence-electron chi connectivity index (χ3n) is 2.54. The zero-order chi connectivity index (χ0) is 13.7. The molecule has 0 saturated carbocycles. The van der Waals surface area contributed by atoms with Crippen LogP contribution in [0, 0.1) is 6.92 Å². The van der Waals surface area contributed by atoms with Crippen molar-refractivity contribution >= 4 is 23.5 Å². The minimum Gasteiger partial charge on any atom is -0.480 e. The van der Waals surface area contributed by atoms with Crippen LogP contribution in [0.15, 0.2) is 18.2 Å². The van der Waals surface area contributed by atoms with Crippen molar-refractivity contribution in [2.75, 3.05) is 13.1 Å². The second-order valence-corrected chi connectivity index (χ2v) is 4.52. The molecule has 0 aliphatic heterocycles. The van der Waals surface area contributed by atoms with E-state index in [2.05, 4.69) is 0 Å². The molecule has 4 nitrogen and oxygen atoms in total. The predicted octanol–water partition coefficient (Wildman–Crippen LogP) is 2.59. The summed E-state index contributed by atoms with van der Waals surface area (Å²) in [5.41, 5.74) is 1.24. The molecule has 98 valence electrons. The van der Waals surface area contributed by atoms with Gasteiger partial charge in [-0.15, -0.1) is 0 Å². The van der Waals surface area contributed by atoms with Crippen LogP contribution in [-0.4, -0.2) is 35.0 Å². The van der Waals surface area contributed by atoms with Gasteiger partial charge in [0.05, 0.1) is 0 Å². The molecule has 1 amide bonds. The highest BCUT2D eigenvalue weighted by Crippen LogP contribution is 2.17. The van der Waals surface area contributed by atoms with Crippen molar-refractivity contribution in [1.29, 1.82) is 0 Å². The molecule has 0 atom stereocenters. The van der Waals surface area contributed by atoms with Gasteiger partial charge in [0.2, 0.25) is 0 Å². The molecule has 1 N–H and O–H groups in total. The van der Waals surface area contributed by atoms with Gasteiger partial charge in [0.15, 0.2) is 0 Å². The Hall–Kier alpha value is -1.55. The molecule has 0 saturated heterocycles. The number of carboxylic acid groups (broad SMARTS) is 1. The lowest BCUT2D eigenvalue weighted by atomic mass is 10.1. The van der Waals surface area contributed by atoms with E-state index >= 15 is 0 Å². The van der Waals surface area contributed by atoms with E-state index < -0.39 is 5.97 Å². The molecule has 5 heteroatoms. The fourth-order valence-electron chi connectivity index (χ4n) is 1.68. The molecule has 1 aromatic rings. The van der Waals surface area contributed by atoms with Crippen molar-refractivity contribution in [3.05, 3.63) is 34.3 Å². The number of halogens is 1. The summed E-state index contributed by atoms with van der Waals surface area (Å²) in [7, 11) is 0. The summed E-state index contributed by atoms with van der Waals surface area (Å²) >= 11 is 5.86. The first-order valence-corrected chi connectivity index (χ1v) is 6.10. The van der Waals surface area contributed by atoms with Gasteiger partial charge in [-0.3, -0.25) is 9.59 Å². The smallest absolute Gasteiger partial charge is 0.323 e. The molecule has 0 spiro atoms. The number of amides is 1. The van der Waals surface area contributed by atoms with Crippen molar-refractivity contribution in [2.45, 2.75) is 20.3 Å². The number of hydrogen-bond acceptors (Lipinski definition) is 2. The largest absolute Gasteiger partial charge is 0.480 e. The van der Waals surface area contributed by atoms with Crippen LogP contribution in [0.1, 0.15) is 29.3 Å². The summed E-state index contributed by atoms with van der Waals surface area (Å²) in [4.78, 5) is 24.3. The minimum atomic E-state index is -1.02. The number of aryl methyl sites for hydroxylation is 1. The summed E-state index contributed by atoms with van der Waals surface area (Å²) < 4.78 is 0. The first-order chi connectivity index (χ1) is 8.45. The maximum absolute atomic E-state index is 12.2. The van der Waals surface area contributed by atoms with Crippen LogP contribution in [0.4, 0.5) is 0 Å². The number of rotatable bonds is 5. The van der Waals surface area contributed by atoms with E-state index in [1.807, 2.05) is 6.92 Å². The van der Waals surface area contributed by atoms with Gasteiger partial charge < -0.3 is 10.0 Å². The number of carbonyl (C=O) groups is 2. The molecule has 18 heavy (non-hydrogen) atoms. The average Bonchev–Trinajstić information content (AvgIpc) is 2.30. The molecule has 0 unspecified atom stereocenters. The van der Waals surface area contributed by atoms with E-state index in [9.17, 15) is 9.59 Å². The summed E-state index contributed by atoms with van der Waals surface area (Å²) in [6.45, 7) is 3.82. The first-order valence-electron chi connectivity index (χ1n) is 5.73. The molecule has 0 aliphatic rings. The number of benzene rings is 1. The Labute approximate surface area is 111 Å². The van der Waals surface area contributed by atoms with Crippen molar-refractivity contribution in [3.63, 3.8) is 0 Å². The number of aliphatic carboxylic acids is 1. The minimum absolute atomic E-state index is 0.292. The molecule has 1 rings (SSSR count). The lowest BCUT2D eigenvalue weighted by molar-refractivity contribution is -0.137. The van der Waals surface area contributed by atoms with Gasteiger partial charge in [-0.25, -0.2) is 0 Å². The molecule has 0 radical (unpaired) electrons.